The maximum atomic E-state index is 12.3. The number of carbonyl (C=O) groups excluding carboxylic acids is 1. The highest BCUT2D eigenvalue weighted by Crippen LogP contribution is 2.22. The Kier molecular flexibility index (Phi) is 7.67. The maximum absolute atomic E-state index is 12.3. The zero-order chi connectivity index (χ0) is 19.8. The van der Waals surface area contributed by atoms with Crippen molar-refractivity contribution in [2.45, 2.75) is 27.7 Å². The maximum Gasteiger partial charge on any atom is 0.238 e. The van der Waals surface area contributed by atoms with E-state index in [9.17, 15) is 4.79 Å². The molecule has 2 aromatic rings. The zero-order valence-corrected chi connectivity index (χ0v) is 17.0. The number of nitrogens with zero attached hydrogens (tertiary/aromatic N) is 1. The molecule has 5 nitrogen and oxygen atoms in total. The highest BCUT2D eigenvalue weighted by molar-refractivity contribution is 5.93. The lowest BCUT2D eigenvalue weighted by atomic mass is 10.1. The smallest absolute Gasteiger partial charge is 0.238 e. The summed E-state index contributed by atoms with van der Waals surface area (Å²) in [6, 6.07) is 11.7. The van der Waals surface area contributed by atoms with E-state index in [1.807, 2.05) is 57.0 Å². The van der Waals surface area contributed by atoms with Crippen molar-refractivity contribution in [1.29, 1.82) is 0 Å². The molecule has 5 heteroatoms. The van der Waals surface area contributed by atoms with E-state index in [1.165, 1.54) is 5.56 Å². The van der Waals surface area contributed by atoms with E-state index in [0.717, 1.165) is 28.3 Å². The number of likely N-dealkylation sites (N-methyl/N-ethyl adjacent to an activating group) is 1. The second-order valence-corrected chi connectivity index (χ2v) is 6.81. The second-order valence-electron chi connectivity index (χ2n) is 6.81. The average Bonchev–Trinajstić information content (AvgIpc) is 2.60. The third-order valence-electron chi connectivity index (χ3n) is 4.23. The Morgan fingerprint density at radius 2 is 1.56 bits per heavy atom. The minimum atomic E-state index is -0.0198. The van der Waals surface area contributed by atoms with Gasteiger partial charge in [0.25, 0.3) is 0 Å². The number of ether oxygens (including phenoxy) is 2. The molecular formula is C22H30N2O3. The molecule has 0 aromatic heterocycles. The summed E-state index contributed by atoms with van der Waals surface area (Å²) in [7, 11) is 1.91. The van der Waals surface area contributed by atoms with E-state index in [1.54, 1.807) is 0 Å². The van der Waals surface area contributed by atoms with Gasteiger partial charge in [0.15, 0.2) is 0 Å². The molecule has 0 saturated carbocycles. The minimum absolute atomic E-state index is 0.0198. The van der Waals surface area contributed by atoms with Crippen LogP contribution in [0.1, 0.15) is 23.6 Å². The molecule has 0 aliphatic rings. The molecule has 146 valence electrons. The number of hydrogen-bond acceptors (Lipinski definition) is 4. The molecule has 0 aliphatic heterocycles. The number of hydrogen-bond donors (Lipinski definition) is 1. The molecule has 0 fully saturated rings. The van der Waals surface area contributed by atoms with E-state index >= 15 is 0 Å². The summed E-state index contributed by atoms with van der Waals surface area (Å²) >= 11 is 0. The molecule has 0 aliphatic carbocycles. The van der Waals surface area contributed by atoms with Gasteiger partial charge in [0, 0.05) is 12.2 Å². The van der Waals surface area contributed by atoms with Crippen molar-refractivity contribution in [1.82, 2.24) is 4.90 Å². The summed E-state index contributed by atoms with van der Waals surface area (Å²) in [4.78, 5) is 14.3. The number of anilines is 1. The van der Waals surface area contributed by atoms with Crippen LogP contribution in [0.4, 0.5) is 5.69 Å². The van der Waals surface area contributed by atoms with Gasteiger partial charge in [-0.25, -0.2) is 0 Å². The van der Waals surface area contributed by atoms with Gasteiger partial charge in [-0.3, -0.25) is 9.69 Å². The molecule has 1 N–H and O–H groups in total. The van der Waals surface area contributed by atoms with E-state index in [4.69, 9.17) is 9.47 Å². The SMILES string of the molecule is CCOc1ccc(OCCN(C)CC(=O)Nc2c(C)cc(C)cc2C)cc1. The Balaban J connectivity index is 1.76. The molecule has 0 saturated heterocycles. The van der Waals surface area contributed by atoms with Crippen LogP contribution in [0.2, 0.25) is 0 Å². The number of amides is 1. The Morgan fingerprint density at radius 3 is 2.11 bits per heavy atom. The summed E-state index contributed by atoms with van der Waals surface area (Å²) in [5.74, 6) is 1.61. The average molecular weight is 370 g/mol. The Bertz CT molecular complexity index is 734. The predicted octanol–water partition coefficient (Wildman–Crippen LogP) is 3.96. The van der Waals surface area contributed by atoms with Gasteiger partial charge in [-0.1, -0.05) is 17.7 Å². The quantitative estimate of drug-likeness (QED) is 0.726. The lowest BCUT2D eigenvalue weighted by Crippen LogP contribution is -2.33. The molecule has 1 amide bonds. The molecule has 27 heavy (non-hydrogen) atoms. The van der Waals surface area contributed by atoms with E-state index in [0.29, 0.717) is 26.3 Å². The van der Waals surface area contributed by atoms with Crippen molar-refractivity contribution in [3.05, 3.63) is 53.1 Å². The summed E-state index contributed by atoms with van der Waals surface area (Å²) in [6.45, 7) is 10.2. The Morgan fingerprint density at radius 1 is 1.00 bits per heavy atom. The lowest BCUT2D eigenvalue weighted by molar-refractivity contribution is -0.117. The van der Waals surface area contributed by atoms with Crippen LogP contribution in [0.25, 0.3) is 0 Å². The van der Waals surface area contributed by atoms with Gasteiger partial charge in [0.2, 0.25) is 5.91 Å². The molecule has 0 spiro atoms. The zero-order valence-electron chi connectivity index (χ0n) is 17.0. The Hall–Kier alpha value is -2.53. The van der Waals surface area contributed by atoms with Crippen LogP contribution >= 0.6 is 0 Å². The number of aryl methyl sites for hydroxylation is 3. The molecule has 2 rings (SSSR count). The van der Waals surface area contributed by atoms with Crippen molar-refractivity contribution in [2.24, 2.45) is 0 Å². The molecule has 0 radical (unpaired) electrons. The van der Waals surface area contributed by atoms with Gasteiger partial charge in [0.1, 0.15) is 18.1 Å². The van der Waals surface area contributed by atoms with Crippen molar-refractivity contribution in [3.63, 3.8) is 0 Å². The molecule has 2 aromatic carbocycles. The Labute approximate surface area is 162 Å². The van der Waals surface area contributed by atoms with Crippen molar-refractivity contribution >= 4 is 11.6 Å². The van der Waals surface area contributed by atoms with Crippen LogP contribution in [0.15, 0.2) is 36.4 Å². The lowest BCUT2D eigenvalue weighted by Gasteiger charge is -2.18. The molecule has 0 bridgehead atoms. The minimum Gasteiger partial charge on any atom is -0.494 e. The van der Waals surface area contributed by atoms with Crippen molar-refractivity contribution in [3.8, 4) is 11.5 Å². The van der Waals surface area contributed by atoms with Gasteiger partial charge in [-0.05, 0) is 70.1 Å². The largest absolute Gasteiger partial charge is 0.494 e. The first kappa shape index (κ1) is 20.8. The van der Waals surface area contributed by atoms with Gasteiger partial charge in [-0.15, -0.1) is 0 Å². The van der Waals surface area contributed by atoms with Crippen LogP contribution in [0.5, 0.6) is 11.5 Å². The molecule has 0 heterocycles. The standard InChI is InChI=1S/C22H30N2O3/c1-6-26-19-7-9-20(10-8-19)27-12-11-24(5)15-21(25)23-22-17(3)13-16(2)14-18(22)4/h7-10,13-14H,6,11-12,15H2,1-5H3,(H,23,25). The summed E-state index contributed by atoms with van der Waals surface area (Å²) in [5.41, 5.74) is 4.28. The van der Waals surface area contributed by atoms with Gasteiger partial charge in [-0.2, -0.15) is 0 Å². The van der Waals surface area contributed by atoms with Crippen LogP contribution in [-0.2, 0) is 4.79 Å². The van der Waals surface area contributed by atoms with E-state index in [2.05, 4.69) is 24.4 Å². The normalized spacial score (nSPS) is 10.7. The van der Waals surface area contributed by atoms with Crippen LogP contribution in [-0.4, -0.2) is 44.2 Å². The monoisotopic (exact) mass is 370 g/mol. The highest BCUT2D eigenvalue weighted by Gasteiger charge is 2.11. The fourth-order valence-electron chi connectivity index (χ4n) is 3.00. The van der Waals surface area contributed by atoms with Crippen LogP contribution in [0.3, 0.4) is 0 Å². The first-order valence-electron chi connectivity index (χ1n) is 9.31. The molecule has 0 unspecified atom stereocenters. The number of benzene rings is 2. The fourth-order valence-corrected chi connectivity index (χ4v) is 3.00. The fraction of sp³-hybridized carbons (Fsp3) is 0.409. The molecule has 0 atom stereocenters. The first-order chi connectivity index (χ1) is 12.9. The second kappa shape index (κ2) is 9.97. The topological polar surface area (TPSA) is 50.8 Å². The number of carbonyl (C=O) groups is 1. The van der Waals surface area contributed by atoms with Gasteiger partial charge in [0.05, 0.1) is 13.2 Å². The number of rotatable bonds is 9. The van der Waals surface area contributed by atoms with Crippen LogP contribution in [0, 0.1) is 20.8 Å². The van der Waals surface area contributed by atoms with Crippen LogP contribution < -0.4 is 14.8 Å². The van der Waals surface area contributed by atoms with Gasteiger partial charge < -0.3 is 14.8 Å². The van der Waals surface area contributed by atoms with Crippen molar-refractivity contribution in [2.75, 3.05) is 38.7 Å². The summed E-state index contributed by atoms with van der Waals surface area (Å²) in [6.07, 6.45) is 0. The summed E-state index contributed by atoms with van der Waals surface area (Å²) in [5, 5.41) is 3.03. The molecular weight excluding hydrogens is 340 g/mol. The van der Waals surface area contributed by atoms with E-state index < -0.39 is 0 Å². The first-order valence-corrected chi connectivity index (χ1v) is 9.31. The van der Waals surface area contributed by atoms with Gasteiger partial charge >= 0.3 is 0 Å². The number of nitrogens with one attached hydrogen (secondary N) is 1. The highest BCUT2D eigenvalue weighted by atomic mass is 16.5. The third-order valence-corrected chi connectivity index (χ3v) is 4.23. The predicted molar refractivity (Wildman–Crippen MR) is 110 cm³/mol. The summed E-state index contributed by atoms with van der Waals surface area (Å²) < 4.78 is 11.1. The van der Waals surface area contributed by atoms with E-state index in [-0.39, 0.29) is 5.91 Å². The van der Waals surface area contributed by atoms with Crippen molar-refractivity contribution < 1.29 is 14.3 Å². The third kappa shape index (κ3) is 6.61.